The number of aromatic nitrogens is 4. The molecule has 4 heterocycles. The Morgan fingerprint density at radius 2 is 2.17 bits per heavy atom. The first-order valence-corrected chi connectivity index (χ1v) is 8.49. The van der Waals surface area contributed by atoms with Gasteiger partial charge in [0.05, 0.1) is 18.8 Å². The number of morpholine rings is 1. The summed E-state index contributed by atoms with van der Waals surface area (Å²) in [5.41, 5.74) is 1.83. The number of hydrogen-bond acceptors (Lipinski definition) is 6. The number of carbonyl (C=O) groups excluding carboxylic acids is 1. The summed E-state index contributed by atoms with van der Waals surface area (Å²) in [5.74, 6) is 0.0404. The van der Waals surface area contributed by atoms with Crippen molar-refractivity contribution in [1.29, 1.82) is 0 Å². The van der Waals surface area contributed by atoms with E-state index in [-0.39, 0.29) is 11.9 Å². The highest BCUT2D eigenvalue weighted by atomic mass is 16.5. The van der Waals surface area contributed by atoms with Crippen LogP contribution < -0.4 is 0 Å². The molecule has 0 radical (unpaired) electrons. The minimum atomic E-state index is 0.0404. The van der Waals surface area contributed by atoms with E-state index in [1.165, 1.54) is 0 Å². The van der Waals surface area contributed by atoms with E-state index < -0.39 is 0 Å². The second-order valence-corrected chi connectivity index (χ2v) is 6.45. The minimum Gasteiger partial charge on any atom is -0.379 e. The third-order valence-electron chi connectivity index (χ3n) is 4.93. The number of aryl methyl sites for hydroxylation is 1. The molecule has 0 bridgehead atoms. The quantitative estimate of drug-likeness (QED) is 0.806. The molecule has 0 spiro atoms. The van der Waals surface area contributed by atoms with Gasteiger partial charge in [0.1, 0.15) is 5.52 Å². The normalized spacial score (nSPS) is 22.4. The fourth-order valence-electron chi connectivity index (χ4n) is 3.63. The lowest BCUT2D eigenvalue weighted by atomic mass is 10.1. The van der Waals surface area contributed by atoms with Crippen molar-refractivity contribution >= 4 is 17.1 Å². The van der Waals surface area contributed by atoms with Crippen molar-refractivity contribution in [3.63, 3.8) is 0 Å². The number of likely N-dealkylation sites (tertiary alicyclic amines) is 1. The number of nitrogens with zero attached hydrogens (tertiary/aromatic N) is 6. The average molecular weight is 330 g/mol. The Hall–Kier alpha value is -2.06. The smallest absolute Gasteiger partial charge is 0.256 e. The molecule has 1 atom stereocenters. The highest BCUT2D eigenvalue weighted by Crippen LogP contribution is 2.23. The summed E-state index contributed by atoms with van der Waals surface area (Å²) in [5, 5.41) is 8.12. The third-order valence-corrected chi connectivity index (χ3v) is 4.93. The van der Waals surface area contributed by atoms with Gasteiger partial charge in [-0.2, -0.15) is 0 Å². The van der Waals surface area contributed by atoms with Crippen molar-refractivity contribution in [3.8, 4) is 0 Å². The van der Waals surface area contributed by atoms with E-state index >= 15 is 0 Å². The molecule has 128 valence electrons. The van der Waals surface area contributed by atoms with Crippen LogP contribution >= 0.6 is 0 Å². The van der Waals surface area contributed by atoms with Crippen LogP contribution in [-0.4, -0.2) is 81.1 Å². The number of ether oxygens (including phenoxy) is 1. The number of hydrogen-bond donors (Lipinski definition) is 0. The van der Waals surface area contributed by atoms with Crippen LogP contribution in [0.3, 0.4) is 0 Å². The number of rotatable bonds is 3. The SMILES string of the molecule is Cn1nnc2c(C(=O)N3CCC[C@H]3CN3CCOCC3)ccnc21. The van der Waals surface area contributed by atoms with Gasteiger partial charge >= 0.3 is 0 Å². The maximum atomic E-state index is 13.1. The van der Waals surface area contributed by atoms with Gasteiger partial charge in [-0.1, -0.05) is 5.21 Å². The van der Waals surface area contributed by atoms with Gasteiger partial charge in [-0.3, -0.25) is 9.69 Å². The Bertz CT molecular complexity index is 739. The molecule has 0 saturated carbocycles. The molecule has 0 N–H and O–H groups in total. The molecule has 8 heteroatoms. The molecule has 0 aliphatic carbocycles. The van der Waals surface area contributed by atoms with Crippen LogP contribution in [0.15, 0.2) is 12.3 Å². The van der Waals surface area contributed by atoms with E-state index in [1.54, 1.807) is 24.0 Å². The van der Waals surface area contributed by atoms with E-state index in [0.717, 1.165) is 52.2 Å². The predicted molar refractivity (Wildman–Crippen MR) is 87.6 cm³/mol. The third kappa shape index (κ3) is 2.76. The minimum absolute atomic E-state index is 0.0404. The Kier molecular flexibility index (Phi) is 4.15. The summed E-state index contributed by atoms with van der Waals surface area (Å²) >= 11 is 0. The topological polar surface area (TPSA) is 76.4 Å². The van der Waals surface area contributed by atoms with E-state index in [4.69, 9.17) is 4.74 Å². The standard InChI is InChI=1S/C16H22N6O2/c1-20-15-14(18-19-20)13(4-5-17-15)16(23)22-6-2-3-12(22)11-21-7-9-24-10-8-21/h4-5,12H,2-3,6-11H2,1H3/t12-/m0/s1. The number of carbonyl (C=O) groups is 1. The summed E-state index contributed by atoms with van der Waals surface area (Å²) in [6.07, 6.45) is 3.76. The molecule has 24 heavy (non-hydrogen) atoms. The van der Waals surface area contributed by atoms with Crippen molar-refractivity contribution < 1.29 is 9.53 Å². The first-order chi connectivity index (χ1) is 11.7. The highest BCUT2D eigenvalue weighted by molar-refractivity contribution is 6.04. The van der Waals surface area contributed by atoms with E-state index in [9.17, 15) is 4.79 Å². The van der Waals surface area contributed by atoms with Gasteiger partial charge in [-0.05, 0) is 18.9 Å². The fraction of sp³-hybridized carbons (Fsp3) is 0.625. The molecule has 4 rings (SSSR count). The van der Waals surface area contributed by atoms with Crippen molar-refractivity contribution in [3.05, 3.63) is 17.8 Å². The van der Waals surface area contributed by atoms with Crippen LogP contribution in [0.1, 0.15) is 23.2 Å². The van der Waals surface area contributed by atoms with Crippen LogP contribution in [0.25, 0.3) is 11.2 Å². The molecular weight excluding hydrogens is 308 g/mol. The molecular formula is C16H22N6O2. The molecule has 1 amide bonds. The lowest BCUT2D eigenvalue weighted by Crippen LogP contribution is -2.46. The summed E-state index contributed by atoms with van der Waals surface area (Å²) in [4.78, 5) is 21.8. The first-order valence-electron chi connectivity index (χ1n) is 8.49. The Morgan fingerprint density at radius 3 is 3.00 bits per heavy atom. The average Bonchev–Trinajstić information content (AvgIpc) is 3.22. The Labute approximate surface area is 140 Å². The molecule has 2 saturated heterocycles. The van der Waals surface area contributed by atoms with E-state index in [2.05, 4.69) is 20.2 Å². The van der Waals surface area contributed by atoms with Gasteiger partial charge in [-0.25, -0.2) is 9.67 Å². The van der Waals surface area contributed by atoms with Crippen LogP contribution in [0, 0.1) is 0 Å². The van der Waals surface area contributed by atoms with E-state index in [0.29, 0.717) is 16.7 Å². The second kappa shape index (κ2) is 6.45. The second-order valence-electron chi connectivity index (χ2n) is 6.45. The molecule has 8 nitrogen and oxygen atoms in total. The van der Waals surface area contributed by atoms with Crippen LogP contribution in [0.4, 0.5) is 0 Å². The molecule has 2 fully saturated rings. The van der Waals surface area contributed by atoms with Gasteiger partial charge in [0.2, 0.25) is 0 Å². The van der Waals surface area contributed by atoms with Crippen molar-refractivity contribution in [1.82, 2.24) is 29.8 Å². The first kappa shape index (κ1) is 15.5. The van der Waals surface area contributed by atoms with Gasteiger partial charge in [0.25, 0.3) is 5.91 Å². The lowest BCUT2D eigenvalue weighted by Gasteiger charge is -2.33. The fourth-order valence-corrected chi connectivity index (χ4v) is 3.63. The van der Waals surface area contributed by atoms with Crippen molar-refractivity contribution in [2.75, 3.05) is 39.4 Å². The van der Waals surface area contributed by atoms with Crippen LogP contribution in [0.2, 0.25) is 0 Å². The zero-order chi connectivity index (χ0) is 16.5. The van der Waals surface area contributed by atoms with Gasteiger partial charge in [0.15, 0.2) is 5.65 Å². The summed E-state index contributed by atoms with van der Waals surface area (Å²) in [6.45, 7) is 5.18. The largest absolute Gasteiger partial charge is 0.379 e. The van der Waals surface area contributed by atoms with Crippen molar-refractivity contribution in [2.45, 2.75) is 18.9 Å². The van der Waals surface area contributed by atoms with Crippen molar-refractivity contribution in [2.24, 2.45) is 7.05 Å². The maximum absolute atomic E-state index is 13.1. The Balaban J connectivity index is 1.55. The molecule has 0 aromatic carbocycles. The molecule has 2 aliphatic heterocycles. The lowest BCUT2D eigenvalue weighted by molar-refractivity contribution is 0.0261. The summed E-state index contributed by atoms with van der Waals surface area (Å²) < 4.78 is 7.01. The molecule has 2 aromatic rings. The zero-order valence-electron chi connectivity index (χ0n) is 13.9. The van der Waals surface area contributed by atoms with Crippen LogP contribution in [-0.2, 0) is 11.8 Å². The Morgan fingerprint density at radius 1 is 1.33 bits per heavy atom. The summed E-state index contributed by atoms with van der Waals surface area (Å²) in [6, 6.07) is 2.01. The monoisotopic (exact) mass is 330 g/mol. The number of fused-ring (bicyclic) bond motifs is 1. The maximum Gasteiger partial charge on any atom is 0.256 e. The van der Waals surface area contributed by atoms with E-state index in [1.807, 2.05) is 4.90 Å². The number of amides is 1. The molecule has 0 unspecified atom stereocenters. The highest BCUT2D eigenvalue weighted by Gasteiger charge is 2.32. The number of pyridine rings is 1. The predicted octanol–water partition coefficient (Wildman–Crippen LogP) is 0.300. The molecule has 2 aliphatic rings. The summed E-state index contributed by atoms with van der Waals surface area (Å²) in [7, 11) is 1.79. The van der Waals surface area contributed by atoms with Crippen LogP contribution in [0.5, 0.6) is 0 Å². The van der Waals surface area contributed by atoms with Gasteiger partial charge in [-0.15, -0.1) is 5.10 Å². The van der Waals surface area contributed by atoms with Gasteiger partial charge in [0, 0.05) is 45.5 Å². The molecule has 2 aromatic heterocycles. The van der Waals surface area contributed by atoms with Gasteiger partial charge < -0.3 is 9.64 Å². The zero-order valence-corrected chi connectivity index (χ0v) is 13.9.